The van der Waals surface area contributed by atoms with E-state index < -0.39 is 17.7 Å². The van der Waals surface area contributed by atoms with E-state index in [1.807, 2.05) is 6.07 Å². The Morgan fingerprint density at radius 3 is 1.26 bits per heavy atom. The third kappa shape index (κ3) is 23.3. The smallest absolute Gasteiger partial charge is 0.872 e. The van der Waals surface area contributed by atoms with Gasteiger partial charge < -0.3 is 25.2 Å². The van der Waals surface area contributed by atoms with Crippen LogP contribution in [0, 0.1) is 0 Å². The van der Waals surface area contributed by atoms with E-state index in [1.165, 1.54) is 140 Å². The molecule has 0 spiro atoms. The summed E-state index contributed by atoms with van der Waals surface area (Å²) in [6, 6.07) is 9.42. The Balaban J connectivity index is 0.000000882. The van der Waals surface area contributed by atoms with Gasteiger partial charge in [0.25, 0.3) is 0 Å². The SMILES string of the molecule is CCCCCCCCCCCCCc1ccc(O)c(C(=O)O)c1.CCCCCCCCCCCCCc1ccc([O-])c(C(=O)[O-])c1.[Ca+2]. The maximum absolute atomic E-state index is 11.4. The van der Waals surface area contributed by atoms with Crippen LogP contribution >= 0.6 is 0 Å². The van der Waals surface area contributed by atoms with Crippen LogP contribution in [0.1, 0.15) is 187 Å². The number of hydrogen-bond donors (Lipinski definition) is 2. The van der Waals surface area contributed by atoms with Gasteiger partial charge in [-0.05, 0) is 54.5 Å². The van der Waals surface area contributed by atoms with Crippen molar-refractivity contribution in [1.29, 1.82) is 0 Å². The molecule has 2 aromatic carbocycles. The van der Waals surface area contributed by atoms with E-state index in [0.717, 1.165) is 43.2 Å². The average Bonchev–Trinajstić information content (AvgIpc) is 3.04. The summed E-state index contributed by atoms with van der Waals surface area (Å²) < 4.78 is 0. The predicted octanol–water partition coefficient (Wildman–Crippen LogP) is 9.54. The van der Waals surface area contributed by atoms with Gasteiger partial charge in [-0.2, -0.15) is 0 Å². The minimum atomic E-state index is -1.38. The Morgan fingerprint density at radius 1 is 0.553 bits per heavy atom. The Kier molecular flexibility index (Phi) is 29.2. The molecule has 0 atom stereocenters. The Morgan fingerprint density at radius 2 is 0.894 bits per heavy atom. The van der Waals surface area contributed by atoms with Crippen LogP contribution in [-0.2, 0) is 12.8 Å². The quantitative estimate of drug-likeness (QED) is 0.0755. The first-order valence-corrected chi connectivity index (χ1v) is 18.4. The van der Waals surface area contributed by atoms with Gasteiger partial charge in [-0.1, -0.05) is 172 Å². The van der Waals surface area contributed by atoms with Crippen molar-refractivity contribution in [2.45, 2.75) is 168 Å². The van der Waals surface area contributed by atoms with Crippen molar-refractivity contribution in [3.63, 3.8) is 0 Å². The van der Waals surface area contributed by atoms with Gasteiger partial charge >= 0.3 is 43.7 Å². The summed E-state index contributed by atoms with van der Waals surface area (Å²) in [5, 5.41) is 40.6. The van der Waals surface area contributed by atoms with Crippen LogP contribution in [0.25, 0.3) is 0 Å². The van der Waals surface area contributed by atoms with Gasteiger partial charge in [-0.3, -0.25) is 0 Å². The number of hydrogen-bond acceptors (Lipinski definition) is 5. The molecule has 0 saturated heterocycles. The fourth-order valence-corrected chi connectivity index (χ4v) is 5.79. The molecule has 0 fully saturated rings. The molecule has 7 heteroatoms. The van der Waals surface area contributed by atoms with Crippen LogP contribution in [-0.4, -0.2) is 59.9 Å². The molecular weight excluding hydrogens is 617 g/mol. The van der Waals surface area contributed by atoms with Gasteiger partial charge in [0.2, 0.25) is 0 Å². The van der Waals surface area contributed by atoms with Crippen LogP contribution < -0.4 is 10.2 Å². The molecule has 6 nitrogen and oxygen atoms in total. The molecule has 0 aliphatic heterocycles. The number of unbranched alkanes of at least 4 members (excludes halogenated alkanes) is 20. The second kappa shape index (κ2) is 30.3. The van der Waals surface area contributed by atoms with Gasteiger partial charge in [-0.25, -0.2) is 4.79 Å². The van der Waals surface area contributed by atoms with Crippen molar-refractivity contribution in [3.05, 3.63) is 58.7 Å². The van der Waals surface area contributed by atoms with Crippen LogP contribution in [0.2, 0.25) is 0 Å². The second-order valence-corrected chi connectivity index (χ2v) is 12.8. The maximum atomic E-state index is 11.4. The monoisotopic (exact) mass is 678 g/mol. The normalized spacial score (nSPS) is 10.6. The molecule has 0 radical (unpaired) electrons. The van der Waals surface area contributed by atoms with Gasteiger partial charge in [0.15, 0.2) is 0 Å². The number of carbonyl (C=O) groups is 2. The van der Waals surface area contributed by atoms with Crippen LogP contribution in [0.3, 0.4) is 0 Å². The van der Waals surface area contributed by atoms with E-state index in [-0.39, 0.29) is 54.6 Å². The van der Waals surface area contributed by atoms with Gasteiger partial charge in [0.05, 0.1) is 5.97 Å². The first kappa shape index (κ1) is 45.2. The van der Waals surface area contributed by atoms with Crippen LogP contribution in [0.5, 0.6) is 11.5 Å². The zero-order valence-corrected chi connectivity index (χ0v) is 31.9. The Hall–Kier alpha value is -1.76. The molecule has 0 heterocycles. The van der Waals surface area contributed by atoms with Crippen molar-refractivity contribution in [3.8, 4) is 11.5 Å². The predicted molar refractivity (Wildman–Crippen MR) is 191 cm³/mol. The molecule has 0 amide bonds. The molecule has 2 N–H and O–H groups in total. The van der Waals surface area contributed by atoms with Crippen molar-refractivity contribution in [1.82, 2.24) is 0 Å². The number of aromatic carboxylic acids is 2. The number of carboxylic acids is 2. The summed E-state index contributed by atoms with van der Waals surface area (Å²) in [7, 11) is 0. The summed E-state index contributed by atoms with van der Waals surface area (Å²) in [6.45, 7) is 4.50. The zero-order valence-electron chi connectivity index (χ0n) is 29.7. The Bertz CT molecular complexity index is 1000. The van der Waals surface area contributed by atoms with E-state index in [4.69, 9.17) is 5.11 Å². The zero-order chi connectivity index (χ0) is 33.8. The van der Waals surface area contributed by atoms with E-state index in [0.29, 0.717) is 0 Å². The third-order valence-corrected chi connectivity index (χ3v) is 8.69. The summed E-state index contributed by atoms with van der Waals surface area (Å²) >= 11 is 0. The number of phenols is 1. The van der Waals surface area contributed by atoms with E-state index in [1.54, 1.807) is 12.1 Å². The minimum absolute atomic E-state index is 0. The summed E-state index contributed by atoms with van der Waals surface area (Å²) in [4.78, 5) is 21.8. The molecular formula is C40H62CaO6. The van der Waals surface area contributed by atoms with Crippen molar-refractivity contribution < 1.29 is 30.0 Å². The first-order valence-electron chi connectivity index (χ1n) is 18.4. The van der Waals surface area contributed by atoms with E-state index >= 15 is 0 Å². The number of aryl methyl sites for hydroxylation is 2. The Labute approximate surface area is 315 Å². The van der Waals surface area contributed by atoms with E-state index in [9.17, 15) is 24.9 Å². The van der Waals surface area contributed by atoms with Crippen molar-refractivity contribution >= 4 is 49.7 Å². The standard InChI is InChI=1S/2C20H32O3.Ca/c2*1-2-3-4-5-6-7-8-9-10-11-12-13-17-14-15-19(21)18(16-17)20(22)23;/h2*14-16,21H,2-13H2,1H3,(H,22,23);/q;;+2/p-2. The molecule has 0 bridgehead atoms. The summed E-state index contributed by atoms with van der Waals surface area (Å²) in [6.07, 6.45) is 30.3. The number of aromatic hydroxyl groups is 1. The van der Waals surface area contributed by atoms with Gasteiger partial charge in [-0.15, -0.1) is 0 Å². The fraction of sp³-hybridized carbons (Fsp3) is 0.650. The van der Waals surface area contributed by atoms with Crippen LogP contribution in [0.4, 0.5) is 0 Å². The fourth-order valence-electron chi connectivity index (χ4n) is 5.79. The largest absolute Gasteiger partial charge is 2.00 e. The average molecular weight is 679 g/mol. The molecule has 47 heavy (non-hydrogen) atoms. The maximum Gasteiger partial charge on any atom is 2.00 e. The number of carbonyl (C=O) groups excluding carboxylic acids is 1. The molecule has 2 aromatic rings. The molecule has 260 valence electrons. The molecule has 0 saturated carbocycles. The van der Waals surface area contributed by atoms with Crippen LogP contribution in [0.15, 0.2) is 36.4 Å². The number of rotatable bonds is 26. The number of carboxylic acid groups (broad SMARTS) is 2. The third-order valence-electron chi connectivity index (χ3n) is 8.69. The minimum Gasteiger partial charge on any atom is -0.872 e. The van der Waals surface area contributed by atoms with Gasteiger partial charge in [0.1, 0.15) is 11.3 Å². The van der Waals surface area contributed by atoms with Gasteiger partial charge in [0, 0.05) is 0 Å². The first-order chi connectivity index (χ1) is 22.3. The van der Waals surface area contributed by atoms with Crippen molar-refractivity contribution in [2.75, 3.05) is 0 Å². The molecule has 0 aromatic heterocycles. The molecule has 0 unspecified atom stereocenters. The molecule has 0 aliphatic rings. The molecule has 0 aliphatic carbocycles. The summed E-state index contributed by atoms with van der Waals surface area (Å²) in [5.74, 6) is -3.06. The molecule has 2 rings (SSSR count). The topological polar surface area (TPSA) is 121 Å². The summed E-state index contributed by atoms with van der Waals surface area (Å²) in [5.41, 5.74) is 1.70. The van der Waals surface area contributed by atoms with E-state index in [2.05, 4.69) is 13.8 Å². The second-order valence-electron chi connectivity index (χ2n) is 12.8. The number of benzene rings is 2. The van der Waals surface area contributed by atoms with Crippen molar-refractivity contribution in [2.24, 2.45) is 0 Å².